The molecule has 10 nitrogen and oxygen atoms in total. The van der Waals surface area contributed by atoms with Crippen LogP contribution in [-0.2, 0) is 38.1 Å². The van der Waals surface area contributed by atoms with Gasteiger partial charge in [-0.2, -0.15) is 0 Å². The molecule has 0 radical (unpaired) electrons. The van der Waals surface area contributed by atoms with Crippen LogP contribution in [0.4, 0.5) is 0 Å². The van der Waals surface area contributed by atoms with Gasteiger partial charge in [0.15, 0.2) is 5.78 Å². The average Bonchev–Trinajstić information content (AvgIpc) is 3.63. The third kappa shape index (κ3) is 11.0. The Bertz CT molecular complexity index is 1120. The summed E-state index contributed by atoms with van der Waals surface area (Å²) in [6, 6.07) is -0.110. The normalized spacial score (nSPS) is 32.0. The van der Waals surface area contributed by atoms with Gasteiger partial charge in [-0.05, 0) is 66.4 Å². The predicted molar refractivity (Wildman–Crippen MR) is 162 cm³/mol. The van der Waals surface area contributed by atoms with Crippen molar-refractivity contribution in [1.29, 1.82) is 0 Å². The fourth-order valence-electron chi connectivity index (χ4n) is 5.57. The highest BCUT2D eigenvalue weighted by Crippen LogP contribution is 2.43. The van der Waals surface area contributed by atoms with E-state index in [9.17, 15) is 19.2 Å². The number of Topliss-reactive ketones (excluding diaryl/α,β-unsaturated/α-hetero) is 1. The molecule has 2 amide bonds. The first kappa shape index (κ1) is 34.7. The number of epoxide rings is 1. The molecule has 2 N–H and O–H groups in total. The van der Waals surface area contributed by atoms with Gasteiger partial charge in [0.2, 0.25) is 11.8 Å². The first-order chi connectivity index (χ1) is 20.1. The lowest BCUT2D eigenvalue weighted by Crippen LogP contribution is -2.50. The zero-order chi connectivity index (χ0) is 31.9. The van der Waals surface area contributed by atoms with Gasteiger partial charge in [0.05, 0.1) is 54.6 Å². The monoisotopic (exact) mass is 602 g/mol. The van der Waals surface area contributed by atoms with Gasteiger partial charge in [0.1, 0.15) is 6.10 Å². The minimum Gasteiger partial charge on any atom is -0.459 e. The average molecular weight is 603 g/mol. The smallest absolute Gasteiger partial charge is 0.303 e. The van der Waals surface area contributed by atoms with Crippen molar-refractivity contribution in [2.45, 2.75) is 135 Å². The van der Waals surface area contributed by atoms with Crippen LogP contribution in [0, 0.1) is 5.92 Å². The molecule has 8 unspecified atom stereocenters. The van der Waals surface area contributed by atoms with Crippen molar-refractivity contribution in [3.63, 3.8) is 0 Å². The molecule has 43 heavy (non-hydrogen) atoms. The van der Waals surface area contributed by atoms with Gasteiger partial charge in [-0.3, -0.25) is 19.2 Å². The van der Waals surface area contributed by atoms with Crippen LogP contribution < -0.4 is 10.6 Å². The van der Waals surface area contributed by atoms with E-state index in [2.05, 4.69) is 23.6 Å². The topological polar surface area (TPSA) is 133 Å². The van der Waals surface area contributed by atoms with Crippen molar-refractivity contribution in [2.75, 3.05) is 6.61 Å². The number of ether oxygens (including phenoxy) is 4. The lowest BCUT2D eigenvalue weighted by Gasteiger charge is -2.39. The van der Waals surface area contributed by atoms with Crippen LogP contribution >= 0.6 is 0 Å². The van der Waals surface area contributed by atoms with Crippen molar-refractivity contribution in [3.05, 3.63) is 36.0 Å². The molecule has 0 aliphatic carbocycles. The summed E-state index contributed by atoms with van der Waals surface area (Å²) in [5.41, 5.74) is -0.0463. The maximum atomic E-state index is 12.6. The van der Waals surface area contributed by atoms with Gasteiger partial charge in [-0.1, -0.05) is 30.7 Å². The Morgan fingerprint density at radius 2 is 1.77 bits per heavy atom. The summed E-state index contributed by atoms with van der Waals surface area (Å²) in [6.07, 6.45) is 11.3. The van der Waals surface area contributed by atoms with Crippen LogP contribution in [0.3, 0.4) is 0 Å². The SMILES string of the molecule is CC(=O)OC(C)C=CC(=O)NC1CC(C)C(CC=C(C)C=CC2CC3(CO3)CC(CC(=O)NC(C)(C)C(C)=O)O2)OC1C. The van der Waals surface area contributed by atoms with Crippen molar-refractivity contribution in [1.82, 2.24) is 10.6 Å². The molecule has 3 aliphatic rings. The van der Waals surface area contributed by atoms with Crippen LogP contribution in [0.1, 0.15) is 87.5 Å². The predicted octanol–water partition coefficient (Wildman–Crippen LogP) is 3.88. The number of hydrogen-bond acceptors (Lipinski definition) is 8. The highest BCUT2D eigenvalue weighted by atomic mass is 16.6. The number of hydrogen-bond donors (Lipinski definition) is 2. The minimum atomic E-state index is -0.906. The van der Waals surface area contributed by atoms with Gasteiger partial charge in [0, 0.05) is 25.8 Å². The number of nitrogens with one attached hydrogen (secondary N) is 2. The Kier molecular flexibility index (Phi) is 11.9. The second kappa shape index (κ2) is 14.8. The zero-order valence-corrected chi connectivity index (χ0v) is 26.9. The zero-order valence-electron chi connectivity index (χ0n) is 26.9. The molecule has 0 aromatic heterocycles. The van der Waals surface area contributed by atoms with Gasteiger partial charge >= 0.3 is 5.97 Å². The second-order valence-corrected chi connectivity index (χ2v) is 13.0. The van der Waals surface area contributed by atoms with Crippen LogP contribution in [0.25, 0.3) is 0 Å². The molecule has 3 saturated heterocycles. The largest absolute Gasteiger partial charge is 0.459 e. The van der Waals surface area contributed by atoms with E-state index in [1.807, 2.05) is 26.0 Å². The first-order valence-electron chi connectivity index (χ1n) is 15.4. The molecule has 3 aliphatic heterocycles. The molecule has 10 heteroatoms. The maximum Gasteiger partial charge on any atom is 0.303 e. The Morgan fingerprint density at radius 3 is 2.40 bits per heavy atom. The molecule has 1 spiro atoms. The van der Waals surface area contributed by atoms with Crippen LogP contribution in [-0.4, -0.2) is 77.9 Å². The highest BCUT2D eigenvalue weighted by Gasteiger charge is 2.51. The van der Waals surface area contributed by atoms with Crippen molar-refractivity contribution in [2.24, 2.45) is 5.92 Å². The van der Waals surface area contributed by atoms with E-state index in [4.69, 9.17) is 18.9 Å². The third-order valence-corrected chi connectivity index (χ3v) is 8.50. The summed E-state index contributed by atoms with van der Waals surface area (Å²) in [5.74, 6) is -0.688. The van der Waals surface area contributed by atoms with E-state index in [0.717, 1.165) is 24.8 Å². The lowest BCUT2D eigenvalue weighted by molar-refractivity contribution is -0.143. The van der Waals surface area contributed by atoms with Crippen molar-refractivity contribution in [3.8, 4) is 0 Å². The second-order valence-electron chi connectivity index (χ2n) is 13.0. The molecule has 3 fully saturated rings. The minimum absolute atomic E-state index is 0.0299. The number of ketones is 1. The van der Waals surface area contributed by atoms with Crippen LogP contribution in [0.5, 0.6) is 0 Å². The standard InChI is InChI=1S/C33H50N2O8/c1-20(9-12-26-17-33(19-40-33)18-27(43-26)16-31(39)35-32(7,8)24(5)36)10-13-29-21(2)15-28(23(4)42-29)34-30(38)14-11-22(3)41-25(6)37/h9-12,14,21-23,26-29H,13,15-19H2,1-8H3,(H,34,38)(H,35,39). The molecular formula is C33H50N2O8. The van der Waals surface area contributed by atoms with Gasteiger partial charge in [0.25, 0.3) is 0 Å². The highest BCUT2D eigenvalue weighted by molar-refractivity contribution is 5.90. The number of rotatable bonds is 12. The maximum absolute atomic E-state index is 12.6. The molecule has 0 aromatic rings. The lowest BCUT2D eigenvalue weighted by atomic mass is 9.88. The summed E-state index contributed by atoms with van der Waals surface area (Å²) >= 11 is 0. The summed E-state index contributed by atoms with van der Waals surface area (Å²) < 4.78 is 23.3. The fourth-order valence-corrected chi connectivity index (χ4v) is 5.57. The van der Waals surface area contributed by atoms with E-state index in [1.54, 1.807) is 26.8 Å². The number of carbonyl (C=O) groups excluding carboxylic acids is 4. The molecule has 3 rings (SSSR count). The molecule has 0 saturated carbocycles. The van der Waals surface area contributed by atoms with Gasteiger partial charge in [-0.15, -0.1) is 0 Å². The third-order valence-electron chi connectivity index (χ3n) is 8.50. The van der Waals surface area contributed by atoms with Crippen molar-refractivity contribution >= 4 is 23.6 Å². The summed E-state index contributed by atoms with van der Waals surface area (Å²) in [4.78, 5) is 47.8. The quantitative estimate of drug-likeness (QED) is 0.149. The number of esters is 1. The van der Waals surface area contributed by atoms with Gasteiger partial charge in [-0.25, -0.2) is 0 Å². The van der Waals surface area contributed by atoms with Crippen LogP contribution in [0.15, 0.2) is 36.0 Å². The molecule has 8 atom stereocenters. The summed E-state index contributed by atoms with van der Waals surface area (Å²) in [6.45, 7) is 14.7. The summed E-state index contributed by atoms with van der Waals surface area (Å²) in [7, 11) is 0. The van der Waals surface area contributed by atoms with E-state index in [-0.39, 0.29) is 66.0 Å². The molecular weight excluding hydrogens is 552 g/mol. The van der Waals surface area contributed by atoms with Crippen LogP contribution in [0.2, 0.25) is 0 Å². The van der Waals surface area contributed by atoms with E-state index in [1.165, 1.54) is 19.9 Å². The number of carbonyl (C=O) groups is 4. The van der Waals surface area contributed by atoms with E-state index in [0.29, 0.717) is 13.0 Å². The Morgan fingerprint density at radius 1 is 1.07 bits per heavy atom. The Hall–Kier alpha value is -2.82. The van der Waals surface area contributed by atoms with E-state index < -0.39 is 17.6 Å². The van der Waals surface area contributed by atoms with Gasteiger partial charge < -0.3 is 29.6 Å². The Labute approximate surface area is 256 Å². The number of amides is 2. The summed E-state index contributed by atoms with van der Waals surface area (Å²) in [5, 5.41) is 5.82. The fraction of sp³-hybridized carbons (Fsp3) is 0.697. The number of allylic oxidation sites excluding steroid dienone is 2. The van der Waals surface area contributed by atoms with Crippen molar-refractivity contribution < 1.29 is 38.1 Å². The molecule has 0 bridgehead atoms. The molecule has 0 aromatic carbocycles. The van der Waals surface area contributed by atoms with E-state index >= 15 is 0 Å². The first-order valence-corrected chi connectivity index (χ1v) is 15.4. The molecule has 3 heterocycles. The molecule has 240 valence electrons. The Balaban J connectivity index is 1.48.